The van der Waals surface area contributed by atoms with Crippen LogP contribution in [0.5, 0.6) is 11.5 Å². The van der Waals surface area contributed by atoms with Crippen LogP contribution < -0.4 is 15.2 Å². The molecule has 0 aliphatic rings. The van der Waals surface area contributed by atoms with Crippen LogP contribution in [0, 0.1) is 11.6 Å². The molecule has 0 spiro atoms. The molecule has 0 fully saturated rings. The SMILES string of the molecule is COc1cccc(COc2c(F)cc(C(N)=S)cc2F)c1. The molecule has 0 atom stereocenters. The molecule has 0 aromatic heterocycles. The summed E-state index contributed by atoms with van der Waals surface area (Å²) in [6, 6.07) is 9.11. The van der Waals surface area contributed by atoms with Crippen LogP contribution in [-0.2, 0) is 6.61 Å². The number of nitrogens with two attached hydrogens (primary N) is 1. The van der Waals surface area contributed by atoms with E-state index in [0.29, 0.717) is 5.75 Å². The molecule has 0 amide bonds. The van der Waals surface area contributed by atoms with Crippen molar-refractivity contribution >= 4 is 17.2 Å². The van der Waals surface area contributed by atoms with E-state index >= 15 is 0 Å². The second-order valence-corrected chi connectivity index (χ2v) is 4.71. The molecular weight excluding hydrogens is 296 g/mol. The van der Waals surface area contributed by atoms with E-state index in [0.717, 1.165) is 17.7 Å². The van der Waals surface area contributed by atoms with Crippen molar-refractivity contribution in [3.8, 4) is 11.5 Å². The van der Waals surface area contributed by atoms with Gasteiger partial charge < -0.3 is 15.2 Å². The summed E-state index contributed by atoms with van der Waals surface area (Å²) in [5.74, 6) is -1.51. The molecule has 6 heteroatoms. The van der Waals surface area contributed by atoms with Crippen LogP contribution in [0.2, 0.25) is 0 Å². The standard InChI is InChI=1S/C15H13F2NO2S/c1-19-11-4-2-3-9(5-11)8-20-14-12(16)6-10(15(18)21)7-13(14)17/h2-7H,8H2,1H3,(H2,18,21). The van der Waals surface area contributed by atoms with Gasteiger partial charge in [-0.15, -0.1) is 0 Å². The van der Waals surface area contributed by atoms with Gasteiger partial charge in [0.2, 0.25) is 0 Å². The van der Waals surface area contributed by atoms with Gasteiger partial charge in [-0.05, 0) is 29.8 Å². The fourth-order valence-electron chi connectivity index (χ4n) is 1.76. The molecule has 0 aliphatic heterocycles. The predicted molar refractivity (Wildman–Crippen MR) is 79.6 cm³/mol. The number of hydrogen-bond donors (Lipinski definition) is 1. The lowest BCUT2D eigenvalue weighted by Gasteiger charge is -2.10. The molecule has 0 unspecified atom stereocenters. The van der Waals surface area contributed by atoms with E-state index < -0.39 is 17.4 Å². The van der Waals surface area contributed by atoms with E-state index in [1.54, 1.807) is 24.3 Å². The maximum absolute atomic E-state index is 13.8. The molecule has 2 N–H and O–H groups in total. The highest BCUT2D eigenvalue weighted by molar-refractivity contribution is 7.80. The van der Waals surface area contributed by atoms with Gasteiger partial charge in [0, 0.05) is 5.56 Å². The van der Waals surface area contributed by atoms with Crippen LogP contribution in [0.1, 0.15) is 11.1 Å². The number of benzene rings is 2. The molecule has 0 radical (unpaired) electrons. The fraction of sp³-hybridized carbons (Fsp3) is 0.133. The first kappa shape index (κ1) is 15.2. The highest BCUT2D eigenvalue weighted by Gasteiger charge is 2.14. The average molecular weight is 309 g/mol. The third kappa shape index (κ3) is 3.66. The quantitative estimate of drug-likeness (QED) is 0.862. The Labute approximate surface area is 126 Å². The van der Waals surface area contributed by atoms with Crippen molar-refractivity contribution in [2.75, 3.05) is 7.11 Å². The van der Waals surface area contributed by atoms with Crippen LogP contribution in [0.15, 0.2) is 36.4 Å². The van der Waals surface area contributed by atoms with Crippen LogP contribution in [0.4, 0.5) is 8.78 Å². The molecule has 21 heavy (non-hydrogen) atoms. The van der Waals surface area contributed by atoms with Gasteiger partial charge in [-0.25, -0.2) is 8.78 Å². The number of rotatable bonds is 5. The highest BCUT2D eigenvalue weighted by atomic mass is 32.1. The third-order valence-corrected chi connectivity index (χ3v) is 3.04. The number of hydrogen-bond acceptors (Lipinski definition) is 3. The smallest absolute Gasteiger partial charge is 0.191 e. The summed E-state index contributed by atoms with van der Waals surface area (Å²) >= 11 is 4.68. The highest BCUT2D eigenvalue weighted by Crippen LogP contribution is 2.25. The minimum absolute atomic E-state index is 0.0114. The zero-order valence-corrected chi connectivity index (χ0v) is 12.0. The van der Waals surface area contributed by atoms with E-state index in [1.165, 1.54) is 7.11 Å². The Balaban J connectivity index is 2.18. The Hall–Kier alpha value is -2.21. The normalized spacial score (nSPS) is 10.2. The molecule has 3 nitrogen and oxygen atoms in total. The topological polar surface area (TPSA) is 44.5 Å². The minimum atomic E-state index is -0.847. The largest absolute Gasteiger partial charge is 0.497 e. The zero-order valence-electron chi connectivity index (χ0n) is 11.2. The molecule has 0 heterocycles. The van der Waals surface area contributed by atoms with Crippen molar-refractivity contribution in [3.63, 3.8) is 0 Å². The van der Waals surface area contributed by atoms with E-state index in [-0.39, 0.29) is 17.2 Å². The minimum Gasteiger partial charge on any atom is -0.497 e. The van der Waals surface area contributed by atoms with Crippen molar-refractivity contribution in [3.05, 3.63) is 59.2 Å². The van der Waals surface area contributed by atoms with Crippen molar-refractivity contribution in [2.45, 2.75) is 6.61 Å². The summed E-state index contributed by atoms with van der Waals surface area (Å²) in [6.45, 7) is 0.0114. The lowest BCUT2D eigenvalue weighted by atomic mass is 10.2. The van der Waals surface area contributed by atoms with Crippen LogP contribution in [0.3, 0.4) is 0 Å². The molecule has 2 aromatic carbocycles. The molecule has 110 valence electrons. The monoisotopic (exact) mass is 309 g/mol. The number of thiocarbonyl (C=S) groups is 1. The Kier molecular flexibility index (Phi) is 4.70. The van der Waals surface area contributed by atoms with Gasteiger partial charge in [0.05, 0.1) is 7.11 Å². The van der Waals surface area contributed by atoms with E-state index in [1.807, 2.05) is 0 Å². The first-order valence-corrected chi connectivity index (χ1v) is 6.46. The van der Waals surface area contributed by atoms with E-state index in [9.17, 15) is 8.78 Å². The van der Waals surface area contributed by atoms with Gasteiger partial charge in [-0.1, -0.05) is 24.4 Å². The third-order valence-electron chi connectivity index (χ3n) is 2.80. The summed E-state index contributed by atoms with van der Waals surface area (Å²) in [5, 5.41) is 0. The molecule has 0 aliphatic carbocycles. The average Bonchev–Trinajstić information content (AvgIpc) is 2.46. The van der Waals surface area contributed by atoms with Gasteiger partial charge in [0.25, 0.3) is 0 Å². The lowest BCUT2D eigenvalue weighted by Crippen LogP contribution is -2.11. The second-order valence-electron chi connectivity index (χ2n) is 4.27. The zero-order chi connectivity index (χ0) is 15.4. The Morgan fingerprint density at radius 2 is 1.86 bits per heavy atom. The Bertz CT molecular complexity index is 653. The van der Waals surface area contributed by atoms with Crippen molar-refractivity contribution in [1.29, 1.82) is 0 Å². The first-order chi connectivity index (χ1) is 10.0. The summed E-state index contributed by atoms with van der Waals surface area (Å²) < 4.78 is 37.9. The molecule has 2 aromatic rings. The van der Waals surface area contributed by atoms with Crippen molar-refractivity contribution in [1.82, 2.24) is 0 Å². The number of halogens is 2. The molecular formula is C15H13F2NO2S. The number of ether oxygens (including phenoxy) is 2. The molecule has 2 rings (SSSR count). The van der Waals surface area contributed by atoms with E-state index in [4.69, 9.17) is 15.2 Å². The maximum Gasteiger partial charge on any atom is 0.191 e. The number of methoxy groups -OCH3 is 1. The summed E-state index contributed by atoms with van der Waals surface area (Å²) in [4.78, 5) is -0.0767. The van der Waals surface area contributed by atoms with E-state index in [2.05, 4.69) is 12.2 Å². The maximum atomic E-state index is 13.8. The Morgan fingerprint density at radius 3 is 2.43 bits per heavy atom. The van der Waals surface area contributed by atoms with Gasteiger partial charge in [-0.2, -0.15) is 0 Å². The second kappa shape index (κ2) is 6.49. The molecule has 0 saturated carbocycles. The lowest BCUT2D eigenvalue weighted by molar-refractivity contribution is 0.273. The fourth-order valence-corrected chi connectivity index (χ4v) is 1.88. The Morgan fingerprint density at radius 1 is 1.19 bits per heavy atom. The van der Waals surface area contributed by atoms with Crippen LogP contribution in [-0.4, -0.2) is 12.1 Å². The van der Waals surface area contributed by atoms with Crippen molar-refractivity contribution < 1.29 is 18.3 Å². The van der Waals surface area contributed by atoms with Gasteiger partial charge in [0.15, 0.2) is 17.4 Å². The first-order valence-electron chi connectivity index (χ1n) is 6.06. The van der Waals surface area contributed by atoms with Crippen molar-refractivity contribution in [2.24, 2.45) is 5.73 Å². The van der Waals surface area contributed by atoms with Gasteiger partial charge in [-0.3, -0.25) is 0 Å². The van der Waals surface area contributed by atoms with Crippen LogP contribution in [0.25, 0.3) is 0 Å². The molecule has 0 bridgehead atoms. The molecule has 0 saturated heterocycles. The summed E-state index contributed by atoms with van der Waals surface area (Å²) in [5.41, 5.74) is 6.19. The van der Waals surface area contributed by atoms with Gasteiger partial charge in [0.1, 0.15) is 17.3 Å². The van der Waals surface area contributed by atoms with Gasteiger partial charge >= 0.3 is 0 Å². The summed E-state index contributed by atoms with van der Waals surface area (Å²) in [7, 11) is 1.54. The summed E-state index contributed by atoms with van der Waals surface area (Å²) in [6.07, 6.45) is 0. The van der Waals surface area contributed by atoms with Crippen LogP contribution >= 0.6 is 12.2 Å². The predicted octanol–water partition coefficient (Wildman–Crippen LogP) is 3.19.